The third kappa shape index (κ3) is 4.02. The Kier molecular flexibility index (Phi) is 5.25. The molecule has 2 aromatic heterocycles. The van der Waals surface area contributed by atoms with Gasteiger partial charge in [0.1, 0.15) is 16.9 Å². The molecule has 1 aliphatic rings. The van der Waals surface area contributed by atoms with E-state index >= 15 is 0 Å². The maximum absolute atomic E-state index is 13.7. The van der Waals surface area contributed by atoms with Crippen molar-refractivity contribution in [3.05, 3.63) is 64.7 Å². The predicted molar refractivity (Wildman–Crippen MR) is 123 cm³/mol. The number of benzene rings is 1. The van der Waals surface area contributed by atoms with Crippen molar-refractivity contribution in [2.45, 2.75) is 58.8 Å². The quantitative estimate of drug-likeness (QED) is 0.665. The SMILES string of the molecule is Cc1ccccc1CN1C(=O)c2cc(-c3cccs3)nn2C[C@@]1(C)C(=O)NC(C)(C)C. The van der Waals surface area contributed by atoms with E-state index in [-0.39, 0.29) is 11.8 Å². The number of fused-ring (bicyclic) bond motifs is 1. The van der Waals surface area contributed by atoms with Gasteiger partial charge in [0.2, 0.25) is 5.91 Å². The normalized spacial score (nSPS) is 18.7. The lowest BCUT2D eigenvalue weighted by Crippen LogP contribution is -2.65. The average molecular weight is 437 g/mol. The maximum Gasteiger partial charge on any atom is 0.273 e. The Morgan fingerprint density at radius 2 is 1.97 bits per heavy atom. The van der Waals surface area contributed by atoms with Crippen molar-refractivity contribution in [3.63, 3.8) is 0 Å². The molecule has 1 aliphatic heterocycles. The van der Waals surface area contributed by atoms with Gasteiger partial charge in [0.15, 0.2) is 0 Å². The number of carbonyl (C=O) groups excluding carboxylic acids is 2. The van der Waals surface area contributed by atoms with E-state index < -0.39 is 11.1 Å². The lowest BCUT2D eigenvalue weighted by Gasteiger charge is -2.44. The lowest BCUT2D eigenvalue weighted by atomic mass is 9.92. The number of aryl methyl sites for hydroxylation is 1. The molecule has 3 aromatic rings. The van der Waals surface area contributed by atoms with Gasteiger partial charge in [0, 0.05) is 12.1 Å². The van der Waals surface area contributed by atoms with Crippen LogP contribution in [0.25, 0.3) is 10.6 Å². The molecule has 0 saturated heterocycles. The van der Waals surface area contributed by atoms with Crippen molar-refractivity contribution in [2.75, 3.05) is 0 Å². The second-order valence-electron chi connectivity index (χ2n) is 9.35. The van der Waals surface area contributed by atoms with Gasteiger partial charge in [0.25, 0.3) is 5.91 Å². The van der Waals surface area contributed by atoms with Gasteiger partial charge in [-0.15, -0.1) is 11.3 Å². The van der Waals surface area contributed by atoms with Crippen molar-refractivity contribution < 1.29 is 9.59 Å². The Hall–Kier alpha value is -2.93. The molecule has 7 heteroatoms. The molecule has 1 aromatic carbocycles. The number of aromatic nitrogens is 2. The van der Waals surface area contributed by atoms with E-state index in [2.05, 4.69) is 10.4 Å². The molecular formula is C24H28N4O2S. The second kappa shape index (κ2) is 7.64. The van der Waals surface area contributed by atoms with Gasteiger partial charge in [-0.3, -0.25) is 14.3 Å². The van der Waals surface area contributed by atoms with Gasteiger partial charge in [0.05, 0.1) is 11.4 Å². The van der Waals surface area contributed by atoms with Crippen LogP contribution in [0.3, 0.4) is 0 Å². The van der Waals surface area contributed by atoms with Crippen molar-refractivity contribution in [3.8, 4) is 10.6 Å². The van der Waals surface area contributed by atoms with Crippen LogP contribution in [0.2, 0.25) is 0 Å². The number of hydrogen-bond donors (Lipinski definition) is 1. The Bertz CT molecular complexity index is 1130. The van der Waals surface area contributed by atoms with Crippen LogP contribution in [0.15, 0.2) is 47.8 Å². The van der Waals surface area contributed by atoms with Gasteiger partial charge < -0.3 is 10.2 Å². The highest BCUT2D eigenvalue weighted by molar-refractivity contribution is 7.13. The Labute approximate surface area is 186 Å². The summed E-state index contributed by atoms with van der Waals surface area (Å²) in [5.74, 6) is -0.364. The second-order valence-corrected chi connectivity index (χ2v) is 10.3. The lowest BCUT2D eigenvalue weighted by molar-refractivity contribution is -0.135. The summed E-state index contributed by atoms with van der Waals surface area (Å²) < 4.78 is 1.69. The van der Waals surface area contributed by atoms with Crippen LogP contribution in [-0.4, -0.2) is 37.6 Å². The zero-order chi connectivity index (χ0) is 22.4. The van der Waals surface area contributed by atoms with Crippen LogP contribution in [0, 0.1) is 6.92 Å². The molecule has 0 saturated carbocycles. The minimum absolute atomic E-state index is 0.180. The summed E-state index contributed by atoms with van der Waals surface area (Å²) in [7, 11) is 0. The molecule has 1 atom stereocenters. The highest BCUT2D eigenvalue weighted by Gasteiger charge is 2.48. The first kappa shape index (κ1) is 21.3. The monoisotopic (exact) mass is 436 g/mol. The fourth-order valence-electron chi connectivity index (χ4n) is 3.87. The number of thiophene rings is 1. The van der Waals surface area contributed by atoms with Crippen LogP contribution in [0.5, 0.6) is 0 Å². The summed E-state index contributed by atoms with van der Waals surface area (Å²) in [6, 6.07) is 13.8. The standard InChI is InChI=1S/C24H28N4O2S/c1-16-9-6-7-10-17(16)14-27-21(29)19-13-18(20-11-8-12-31-20)26-28(19)15-24(27,5)22(30)25-23(2,3)4/h6-13H,14-15H2,1-5H3,(H,25,30)/t24-/m0/s1. The van der Waals surface area contributed by atoms with E-state index in [1.165, 1.54) is 0 Å². The minimum atomic E-state index is -1.07. The molecule has 0 spiro atoms. The molecule has 6 nitrogen and oxygen atoms in total. The Balaban J connectivity index is 1.78. The van der Waals surface area contributed by atoms with Crippen molar-refractivity contribution in [2.24, 2.45) is 0 Å². The third-order valence-electron chi connectivity index (χ3n) is 5.64. The van der Waals surface area contributed by atoms with E-state index in [4.69, 9.17) is 0 Å². The summed E-state index contributed by atoms with van der Waals surface area (Å²) in [5.41, 5.74) is 1.90. The van der Waals surface area contributed by atoms with Crippen LogP contribution < -0.4 is 5.32 Å². The smallest absolute Gasteiger partial charge is 0.273 e. The van der Waals surface area contributed by atoms with E-state index in [9.17, 15) is 9.59 Å². The van der Waals surface area contributed by atoms with Gasteiger partial charge >= 0.3 is 0 Å². The van der Waals surface area contributed by atoms with Gasteiger partial charge in [-0.2, -0.15) is 5.10 Å². The zero-order valence-electron chi connectivity index (χ0n) is 18.6. The molecule has 4 rings (SSSR count). The predicted octanol–water partition coefficient (Wildman–Crippen LogP) is 4.25. The van der Waals surface area contributed by atoms with E-state index in [0.29, 0.717) is 18.8 Å². The number of nitrogens with zero attached hydrogens (tertiary/aromatic N) is 3. The number of nitrogens with one attached hydrogen (secondary N) is 1. The fourth-order valence-corrected chi connectivity index (χ4v) is 4.55. The van der Waals surface area contributed by atoms with E-state index in [1.807, 2.05) is 82.5 Å². The fraction of sp³-hybridized carbons (Fsp3) is 0.375. The summed E-state index contributed by atoms with van der Waals surface area (Å²) >= 11 is 1.58. The average Bonchev–Trinajstić information content (AvgIpc) is 3.34. The molecule has 0 fully saturated rings. The van der Waals surface area contributed by atoms with E-state index in [1.54, 1.807) is 20.9 Å². The number of carbonyl (C=O) groups is 2. The molecule has 0 aliphatic carbocycles. The zero-order valence-corrected chi connectivity index (χ0v) is 19.4. The van der Waals surface area contributed by atoms with Crippen molar-refractivity contribution in [1.82, 2.24) is 20.0 Å². The Morgan fingerprint density at radius 1 is 1.23 bits per heavy atom. The highest BCUT2D eigenvalue weighted by Crippen LogP contribution is 2.33. The van der Waals surface area contributed by atoms with Gasteiger partial charge in [-0.05, 0) is 63.3 Å². The Morgan fingerprint density at radius 3 is 2.61 bits per heavy atom. The molecule has 31 heavy (non-hydrogen) atoms. The summed E-state index contributed by atoms with van der Waals surface area (Å²) in [6.45, 7) is 10.3. The van der Waals surface area contributed by atoms with Crippen molar-refractivity contribution >= 4 is 23.2 Å². The summed E-state index contributed by atoms with van der Waals surface area (Å²) in [6.07, 6.45) is 0. The summed E-state index contributed by atoms with van der Waals surface area (Å²) in [5, 5.41) is 9.74. The number of hydrogen-bond acceptors (Lipinski definition) is 4. The van der Waals surface area contributed by atoms with Gasteiger partial charge in [-0.25, -0.2) is 0 Å². The molecule has 162 valence electrons. The molecule has 0 bridgehead atoms. The van der Waals surface area contributed by atoms with Crippen LogP contribution in [0.4, 0.5) is 0 Å². The van der Waals surface area contributed by atoms with Gasteiger partial charge in [-0.1, -0.05) is 30.3 Å². The molecule has 3 heterocycles. The molecular weight excluding hydrogens is 408 g/mol. The molecule has 0 unspecified atom stereocenters. The first-order chi connectivity index (χ1) is 14.6. The minimum Gasteiger partial charge on any atom is -0.349 e. The molecule has 1 N–H and O–H groups in total. The van der Waals surface area contributed by atoms with Crippen LogP contribution in [-0.2, 0) is 17.9 Å². The molecule has 2 amide bonds. The third-order valence-corrected chi connectivity index (χ3v) is 6.53. The number of rotatable bonds is 4. The topological polar surface area (TPSA) is 67.2 Å². The highest BCUT2D eigenvalue weighted by atomic mass is 32.1. The summed E-state index contributed by atoms with van der Waals surface area (Å²) in [4.78, 5) is 29.9. The first-order valence-corrected chi connectivity index (χ1v) is 11.3. The molecule has 0 radical (unpaired) electrons. The van der Waals surface area contributed by atoms with Crippen LogP contribution >= 0.6 is 11.3 Å². The van der Waals surface area contributed by atoms with Crippen molar-refractivity contribution in [1.29, 1.82) is 0 Å². The number of amides is 2. The first-order valence-electron chi connectivity index (χ1n) is 10.4. The maximum atomic E-state index is 13.7. The van der Waals surface area contributed by atoms with Crippen LogP contribution in [0.1, 0.15) is 49.3 Å². The largest absolute Gasteiger partial charge is 0.349 e. The van der Waals surface area contributed by atoms with E-state index in [0.717, 1.165) is 21.7 Å².